The van der Waals surface area contributed by atoms with E-state index in [0.29, 0.717) is 5.52 Å². The molecular weight excluding hydrogens is 531 g/mol. The summed E-state index contributed by atoms with van der Waals surface area (Å²) in [6, 6.07) is 6.93. The van der Waals surface area contributed by atoms with Crippen LogP contribution in [0.25, 0.3) is 17.0 Å². The van der Waals surface area contributed by atoms with Gasteiger partial charge in [0.05, 0.1) is 12.3 Å². The van der Waals surface area contributed by atoms with Gasteiger partial charge >= 0.3 is 13.7 Å². The molecule has 0 fully saturated rings. The molecule has 0 aliphatic carbocycles. The molecule has 0 radical (unpaired) electrons. The molecule has 0 bridgehead atoms. The van der Waals surface area contributed by atoms with Crippen LogP contribution in [-0.2, 0) is 23.4 Å². The van der Waals surface area contributed by atoms with E-state index in [4.69, 9.17) is 30.7 Å². The summed E-state index contributed by atoms with van der Waals surface area (Å²) in [5, 5.41) is 24.1. The third-order valence-corrected chi connectivity index (χ3v) is 7.07. The van der Waals surface area contributed by atoms with Gasteiger partial charge in [0.1, 0.15) is 30.2 Å². The number of carbonyl (C=O) groups excluding carboxylic acids is 1. The molecule has 3 heterocycles. The van der Waals surface area contributed by atoms with Crippen molar-refractivity contribution in [3.8, 4) is 18.1 Å². The van der Waals surface area contributed by atoms with Crippen molar-refractivity contribution in [1.82, 2.24) is 24.6 Å². The van der Waals surface area contributed by atoms with Crippen molar-refractivity contribution in [2.75, 3.05) is 12.3 Å². The molecule has 1 aliphatic rings. The maximum absolute atomic E-state index is 13.8. The quantitative estimate of drug-likeness (QED) is 0.160. The summed E-state index contributed by atoms with van der Waals surface area (Å²) < 4.78 is 37.2. The van der Waals surface area contributed by atoms with Crippen LogP contribution in [0.2, 0.25) is 0 Å². The SMILES string of the molecule is C#C[C@]1(CO[P@@](=O)(N[C@@H](C)C(=O)OC(C)C)Oc2ccccc2)OC(n2cnc3cnc(N)nc32)=C(O)C1O. The Hall–Kier alpha value is -4.15. The number of rotatable bonds is 10. The predicted octanol–water partition coefficient (Wildman–Crippen LogP) is 1.99. The van der Waals surface area contributed by atoms with Crippen LogP contribution in [0.4, 0.5) is 5.95 Å². The van der Waals surface area contributed by atoms with Crippen LogP contribution in [0, 0.1) is 12.3 Å². The van der Waals surface area contributed by atoms with E-state index in [-0.39, 0.29) is 23.2 Å². The fourth-order valence-electron chi connectivity index (χ4n) is 3.54. The lowest BCUT2D eigenvalue weighted by molar-refractivity contribution is -0.149. The van der Waals surface area contributed by atoms with Crippen molar-refractivity contribution < 1.29 is 38.1 Å². The molecule has 1 aliphatic heterocycles. The Balaban J connectivity index is 1.60. The maximum Gasteiger partial charge on any atom is 0.459 e. The average Bonchev–Trinajstić information content (AvgIpc) is 3.41. The number of hydrogen-bond donors (Lipinski definition) is 4. The highest BCUT2D eigenvalue weighted by Crippen LogP contribution is 2.47. The summed E-state index contributed by atoms with van der Waals surface area (Å²) in [4.78, 5) is 24.4. The topological polar surface area (TPSA) is 193 Å². The largest absolute Gasteiger partial charge is 0.505 e. The van der Waals surface area contributed by atoms with E-state index in [1.54, 1.807) is 32.0 Å². The van der Waals surface area contributed by atoms with Crippen LogP contribution in [-0.4, -0.2) is 66.2 Å². The van der Waals surface area contributed by atoms with E-state index in [9.17, 15) is 19.6 Å². The normalized spacial score (nSPS) is 21.3. The van der Waals surface area contributed by atoms with E-state index < -0.39 is 49.9 Å². The number of terminal acetylenes is 1. The number of nitrogens with zero attached hydrogens (tertiary/aromatic N) is 4. The molecule has 2 aromatic heterocycles. The lowest BCUT2D eigenvalue weighted by atomic mass is 9.99. The Labute approximate surface area is 223 Å². The van der Waals surface area contributed by atoms with Crippen LogP contribution in [0.5, 0.6) is 5.75 Å². The van der Waals surface area contributed by atoms with E-state index in [1.807, 2.05) is 0 Å². The number of nitrogens with one attached hydrogen (secondary N) is 1. The summed E-state index contributed by atoms with van der Waals surface area (Å²) in [6.45, 7) is 4.00. The Bertz CT molecular complexity index is 1490. The molecule has 0 saturated carbocycles. The molecule has 3 aromatic rings. The van der Waals surface area contributed by atoms with E-state index in [1.165, 1.54) is 36.1 Å². The molecule has 1 unspecified atom stereocenters. The first-order valence-corrected chi connectivity index (χ1v) is 13.2. The number of nitrogens with two attached hydrogens (primary N) is 1. The monoisotopic (exact) mass is 558 g/mol. The Kier molecular flexibility index (Phi) is 7.80. The van der Waals surface area contributed by atoms with Gasteiger partial charge in [0.15, 0.2) is 17.5 Å². The molecule has 4 rings (SSSR count). The van der Waals surface area contributed by atoms with Crippen LogP contribution < -0.4 is 15.3 Å². The van der Waals surface area contributed by atoms with Crippen molar-refractivity contribution in [2.24, 2.45) is 0 Å². The number of esters is 1. The highest BCUT2D eigenvalue weighted by Gasteiger charge is 2.52. The summed E-state index contributed by atoms with van der Waals surface area (Å²) in [7, 11) is -4.37. The highest BCUT2D eigenvalue weighted by atomic mass is 31.2. The second-order valence-corrected chi connectivity index (χ2v) is 10.5. The number of para-hydroxylation sites is 1. The number of imidazole rings is 1. The molecule has 206 valence electrons. The van der Waals surface area contributed by atoms with Crippen LogP contribution >= 0.6 is 7.75 Å². The van der Waals surface area contributed by atoms with E-state index in [2.05, 4.69) is 26.0 Å². The number of nitrogen functional groups attached to an aromatic ring is 1. The van der Waals surface area contributed by atoms with Crippen molar-refractivity contribution in [3.05, 3.63) is 48.6 Å². The van der Waals surface area contributed by atoms with E-state index >= 15 is 0 Å². The van der Waals surface area contributed by atoms with Crippen LogP contribution in [0.3, 0.4) is 0 Å². The highest BCUT2D eigenvalue weighted by molar-refractivity contribution is 7.52. The number of anilines is 1. The zero-order valence-electron chi connectivity index (χ0n) is 21.2. The van der Waals surface area contributed by atoms with Gasteiger partial charge in [-0.3, -0.25) is 9.32 Å². The lowest BCUT2D eigenvalue weighted by Crippen LogP contribution is -2.45. The Morgan fingerprint density at radius 1 is 1.33 bits per heavy atom. The van der Waals surface area contributed by atoms with Gasteiger partial charge in [0.2, 0.25) is 17.4 Å². The molecule has 0 saturated heterocycles. The molecule has 0 spiro atoms. The Morgan fingerprint density at radius 2 is 2.05 bits per heavy atom. The first kappa shape index (κ1) is 27.9. The summed E-state index contributed by atoms with van der Waals surface area (Å²) >= 11 is 0. The summed E-state index contributed by atoms with van der Waals surface area (Å²) in [6.07, 6.45) is 6.10. The van der Waals surface area contributed by atoms with Gasteiger partial charge in [0, 0.05) is 0 Å². The number of aliphatic hydroxyl groups is 2. The second-order valence-electron chi connectivity index (χ2n) is 8.79. The van der Waals surface area contributed by atoms with Gasteiger partial charge in [-0.05, 0) is 32.9 Å². The number of carbonyl (C=O) groups is 1. The van der Waals surface area contributed by atoms with Gasteiger partial charge in [-0.15, -0.1) is 6.42 Å². The number of aliphatic hydroxyl groups excluding tert-OH is 2. The number of benzene rings is 1. The molecule has 14 nitrogen and oxygen atoms in total. The zero-order valence-corrected chi connectivity index (χ0v) is 22.1. The summed E-state index contributed by atoms with van der Waals surface area (Å²) in [5.74, 6) is 0.689. The number of ether oxygens (including phenoxy) is 2. The number of hydrogen-bond acceptors (Lipinski definition) is 12. The van der Waals surface area contributed by atoms with Gasteiger partial charge in [0.25, 0.3) is 0 Å². The van der Waals surface area contributed by atoms with E-state index in [0.717, 1.165) is 0 Å². The van der Waals surface area contributed by atoms with Gasteiger partial charge in [-0.25, -0.2) is 19.1 Å². The standard InChI is InChI=1S/C24H27N6O8P/c1-5-24(19(32)18(31)21(37-24)30-13-27-17-11-26-23(25)28-20(17)30)12-35-39(34,38-16-9-7-6-8-10-16)29-15(4)22(33)36-14(2)3/h1,6-11,13-15,19,31-32H,12H2,2-4H3,(H,29,34)(H2,25,26,28)/t15-,19?,24+,39-/m0/s1. The van der Waals surface area contributed by atoms with Crippen LogP contribution in [0.1, 0.15) is 20.8 Å². The molecule has 0 amide bonds. The minimum atomic E-state index is -4.37. The average molecular weight is 558 g/mol. The first-order chi connectivity index (χ1) is 18.5. The zero-order chi connectivity index (χ0) is 28.4. The predicted molar refractivity (Wildman–Crippen MR) is 139 cm³/mol. The van der Waals surface area contributed by atoms with Crippen molar-refractivity contribution in [1.29, 1.82) is 0 Å². The molecular formula is C24H27N6O8P. The van der Waals surface area contributed by atoms with Crippen molar-refractivity contribution >= 4 is 36.7 Å². The fraction of sp³-hybridized carbons (Fsp3) is 0.333. The lowest BCUT2D eigenvalue weighted by Gasteiger charge is -2.29. The molecule has 15 heteroatoms. The smallest absolute Gasteiger partial charge is 0.459 e. The second kappa shape index (κ2) is 10.9. The first-order valence-electron chi connectivity index (χ1n) is 11.7. The van der Waals surface area contributed by atoms with Gasteiger partial charge in [-0.2, -0.15) is 10.1 Å². The number of fused-ring (bicyclic) bond motifs is 1. The van der Waals surface area contributed by atoms with Gasteiger partial charge < -0.3 is 29.9 Å². The maximum atomic E-state index is 13.8. The van der Waals surface area contributed by atoms with Crippen LogP contribution in [0.15, 0.2) is 48.6 Å². The minimum Gasteiger partial charge on any atom is -0.505 e. The number of aromatic nitrogens is 4. The third-order valence-electron chi connectivity index (χ3n) is 5.45. The molecule has 1 aromatic carbocycles. The molecule has 4 atom stereocenters. The Morgan fingerprint density at radius 3 is 2.72 bits per heavy atom. The van der Waals surface area contributed by atoms with Gasteiger partial charge in [-0.1, -0.05) is 24.1 Å². The van der Waals surface area contributed by atoms with Crippen molar-refractivity contribution in [2.45, 2.75) is 44.6 Å². The fourth-order valence-corrected chi connectivity index (χ4v) is 5.06. The molecule has 39 heavy (non-hydrogen) atoms. The summed E-state index contributed by atoms with van der Waals surface area (Å²) in [5.41, 5.74) is 4.10. The molecule has 5 N–H and O–H groups in total. The van der Waals surface area contributed by atoms with Crippen molar-refractivity contribution in [3.63, 3.8) is 0 Å². The third kappa shape index (κ3) is 5.81. The minimum absolute atomic E-state index is 0.0652.